The summed E-state index contributed by atoms with van der Waals surface area (Å²) in [5.74, 6) is 0.911. The number of fused-ring (bicyclic) bond motifs is 2. The van der Waals surface area contributed by atoms with Crippen LogP contribution in [0.1, 0.15) is 50.0 Å². The molecule has 4 aliphatic rings. The Morgan fingerprint density at radius 2 is 1.70 bits per heavy atom. The summed E-state index contributed by atoms with van der Waals surface area (Å²) in [6, 6.07) is 22.7. The molecular weight excluding hydrogens is 706 g/mol. The molecule has 3 aromatic carbocycles. The summed E-state index contributed by atoms with van der Waals surface area (Å²) >= 11 is 6.89. The Balaban J connectivity index is 0.851. The highest BCUT2D eigenvalue weighted by Gasteiger charge is 2.38. The third-order valence-corrected chi connectivity index (χ3v) is 11.8. The molecule has 3 fully saturated rings. The third kappa shape index (κ3) is 6.22. The van der Waals surface area contributed by atoms with Gasteiger partial charge in [0.05, 0.1) is 40.7 Å². The number of phenolic OH excluding ortho intramolecular Hbond substituents is 1. The lowest BCUT2D eigenvalue weighted by Crippen LogP contribution is -2.54. The number of carbonyl (C=O) groups excluding carboxylic acids is 3. The Hall–Kier alpha value is -5.46. The lowest BCUT2D eigenvalue weighted by Gasteiger charge is -2.42. The van der Waals surface area contributed by atoms with Gasteiger partial charge in [-0.25, -0.2) is 0 Å². The van der Waals surface area contributed by atoms with Gasteiger partial charge in [0.1, 0.15) is 29.7 Å². The van der Waals surface area contributed by atoms with Crippen molar-refractivity contribution in [2.45, 2.75) is 56.5 Å². The Labute approximate surface area is 317 Å². The smallest absolute Gasteiger partial charge is 0.249 e. The number of para-hydroxylation sites is 2. The first-order chi connectivity index (χ1) is 26.3. The number of piperidine rings is 1. The lowest BCUT2D eigenvalue weighted by molar-refractivity contribution is -0.134. The Morgan fingerprint density at radius 3 is 2.50 bits per heavy atom. The third-order valence-electron chi connectivity index (χ3n) is 11.5. The van der Waals surface area contributed by atoms with Crippen LogP contribution in [-0.4, -0.2) is 87.4 Å². The van der Waals surface area contributed by atoms with E-state index in [4.69, 9.17) is 16.3 Å². The van der Waals surface area contributed by atoms with Crippen molar-refractivity contribution in [3.05, 3.63) is 89.6 Å². The van der Waals surface area contributed by atoms with Gasteiger partial charge < -0.3 is 24.2 Å². The molecule has 2 aromatic heterocycles. The second kappa shape index (κ2) is 14.1. The molecule has 2 N–H and O–H groups in total. The first kappa shape index (κ1) is 34.3. The molecule has 5 aromatic rings. The largest absolute Gasteiger partial charge is 0.507 e. The van der Waals surface area contributed by atoms with E-state index in [9.17, 15) is 19.5 Å². The Morgan fingerprint density at radius 1 is 0.852 bits per heavy atom. The molecule has 0 spiro atoms. The van der Waals surface area contributed by atoms with Crippen molar-refractivity contribution in [2.24, 2.45) is 0 Å². The number of benzene rings is 3. The molecule has 13 heteroatoms. The minimum atomic E-state index is -0.374. The highest BCUT2D eigenvalue weighted by atomic mass is 35.5. The molecule has 12 nitrogen and oxygen atoms in total. The van der Waals surface area contributed by atoms with Gasteiger partial charge in [-0.1, -0.05) is 35.9 Å². The zero-order chi connectivity index (χ0) is 36.9. The molecule has 3 amide bonds. The number of hydrogen-bond acceptors (Lipinski definition) is 9. The number of carbonyl (C=O) groups is 3. The number of anilines is 2. The second-order valence-electron chi connectivity index (χ2n) is 14.6. The SMILES string of the molecule is O=C1CCC(N2CCOc3c(C4CCC(N5CCN(c6ccc(-n7ccc8nnc(-c9ccccc9O)cc87)cc6Cl)C(=O)C5)CC4)cccc32)C(=O)N1. The Kier molecular flexibility index (Phi) is 8.94. The number of amides is 3. The van der Waals surface area contributed by atoms with Crippen molar-refractivity contribution in [3.8, 4) is 28.4 Å². The summed E-state index contributed by atoms with van der Waals surface area (Å²) in [5.41, 5.74) is 6.32. The van der Waals surface area contributed by atoms with Crippen LogP contribution in [0.3, 0.4) is 0 Å². The molecule has 1 atom stereocenters. The van der Waals surface area contributed by atoms with Crippen LogP contribution in [0.25, 0.3) is 28.0 Å². The zero-order valence-corrected chi connectivity index (χ0v) is 30.4. The molecule has 3 aliphatic heterocycles. The van der Waals surface area contributed by atoms with Crippen LogP contribution in [0.5, 0.6) is 11.5 Å². The molecule has 0 bridgehead atoms. The normalized spacial score (nSPS) is 22.2. The van der Waals surface area contributed by atoms with E-state index in [1.165, 1.54) is 5.56 Å². The average molecular weight is 746 g/mol. The lowest BCUT2D eigenvalue weighted by atomic mass is 9.80. The van der Waals surface area contributed by atoms with E-state index in [-0.39, 0.29) is 29.5 Å². The Bertz CT molecular complexity index is 2290. The van der Waals surface area contributed by atoms with Crippen molar-refractivity contribution in [2.75, 3.05) is 42.6 Å². The number of ether oxygens (including phenoxy) is 1. The molecule has 1 unspecified atom stereocenters. The van der Waals surface area contributed by atoms with E-state index in [1.54, 1.807) is 23.1 Å². The van der Waals surface area contributed by atoms with Crippen LogP contribution in [-0.2, 0) is 14.4 Å². The monoisotopic (exact) mass is 745 g/mol. The van der Waals surface area contributed by atoms with Crippen LogP contribution >= 0.6 is 11.6 Å². The summed E-state index contributed by atoms with van der Waals surface area (Å²) in [6.45, 7) is 2.76. The van der Waals surface area contributed by atoms with Gasteiger partial charge in [0.15, 0.2) is 0 Å². The first-order valence-corrected chi connectivity index (χ1v) is 19.0. The maximum absolute atomic E-state index is 13.7. The zero-order valence-electron chi connectivity index (χ0n) is 29.7. The molecule has 2 saturated heterocycles. The topological polar surface area (TPSA) is 133 Å². The minimum Gasteiger partial charge on any atom is -0.507 e. The second-order valence-corrected chi connectivity index (χ2v) is 15.0. The fraction of sp³-hybridized carbons (Fsp3) is 0.341. The number of imide groups is 1. The number of nitrogens with one attached hydrogen (secondary N) is 1. The van der Waals surface area contributed by atoms with Crippen LogP contribution in [0.4, 0.5) is 11.4 Å². The van der Waals surface area contributed by atoms with Gasteiger partial charge in [-0.2, -0.15) is 0 Å². The van der Waals surface area contributed by atoms with Gasteiger partial charge in [0.25, 0.3) is 0 Å². The fourth-order valence-corrected chi connectivity index (χ4v) is 9.04. The summed E-state index contributed by atoms with van der Waals surface area (Å²) in [4.78, 5) is 44.4. The minimum absolute atomic E-state index is 0.0334. The molecule has 1 saturated carbocycles. The van der Waals surface area contributed by atoms with Crippen molar-refractivity contribution in [1.29, 1.82) is 0 Å². The van der Waals surface area contributed by atoms with E-state index in [0.29, 0.717) is 78.5 Å². The fourth-order valence-electron chi connectivity index (χ4n) is 8.77. The molecule has 54 heavy (non-hydrogen) atoms. The summed E-state index contributed by atoms with van der Waals surface area (Å²) in [6.07, 6.45) is 6.69. The van der Waals surface area contributed by atoms with E-state index in [1.807, 2.05) is 59.3 Å². The molecular formula is C41H40ClN7O5. The number of rotatable bonds is 6. The number of aromatic hydroxyl groups is 1. The van der Waals surface area contributed by atoms with E-state index >= 15 is 0 Å². The highest BCUT2D eigenvalue weighted by Crippen LogP contribution is 2.45. The number of halogens is 1. The molecule has 276 valence electrons. The standard InChI is InChI=1S/C41H40ClN7O5/c42-30-22-27(47-17-16-31-36(47)23-32(45-44-31)29-4-1-2-7-37(29)50)12-13-33(30)49-19-18-46(24-39(49)52)26-10-8-25(9-11-26)28-5-3-6-34-40(28)54-21-20-48(34)35-14-15-38(51)43-41(35)53/h1-7,12-13,16-17,22-23,25-26,35,50H,8-11,14-15,18-21,24H2,(H,43,51,53). The van der Waals surface area contributed by atoms with Gasteiger partial charge in [-0.05, 0) is 92.1 Å². The number of piperazine rings is 1. The van der Waals surface area contributed by atoms with Crippen LogP contribution < -0.4 is 19.9 Å². The number of nitrogens with zero attached hydrogens (tertiary/aromatic N) is 6. The molecule has 9 rings (SSSR count). The highest BCUT2D eigenvalue weighted by molar-refractivity contribution is 6.34. The predicted octanol–water partition coefficient (Wildman–Crippen LogP) is 5.83. The van der Waals surface area contributed by atoms with Crippen molar-refractivity contribution in [3.63, 3.8) is 0 Å². The molecule has 5 heterocycles. The van der Waals surface area contributed by atoms with Gasteiger partial charge in [0.2, 0.25) is 17.7 Å². The van der Waals surface area contributed by atoms with E-state index in [2.05, 4.69) is 31.4 Å². The van der Waals surface area contributed by atoms with Gasteiger partial charge in [-0.15, -0.1) is 10.2 Å². The van der Waals surface area contributed by atoms with E-state index < -0.39 is 0 Å². The van der Waals surface area contributed by atoms with Crippen molar-refractivity contribution in [1.82, 2.24) is 25.0 Å². The summed E-state index contributed by atoms with van der Waals surface area (Å²) in [7, 11) is 0. The van der Waals surface area contributed by atoms with Gasteiger partial charge >= 0.3 is 0 Å². The van der Waals surface area contributed by atoms with Crippen LogP contribution in [0.15, 0.2) is 79.0 Å². The number of phenols is 1. The maximum atomic E-state index is 13.7. The molecule has 1 aliphatic carbocycles. The van der Waals surface area contributed by atoms with Crippen LogP contribution in [0, 0.1) is 0 Å². The van der Waals surface area contributed by atoms with Crippen molar-refractivity contribution >= 4 is 51.7 Å². The van der Waals surface area contributed by atoms with Crippen molar-refractivity contribution < 1.29 is 24.2 Å². The predicted molar refractivity (Wildman–Crippen MR) is 205 cm³/mol. The van der Waals surface area contributed by atoms with E-state index in [0.717, 1.165) is 54.9 Å². The number of aromatic nitrogens is 3. The molecule has 0 radical (unpaired) electrons. The number of hydrogen-bond donors (Lipinski definition) is 2. The van der Waals surface area contributed by atoms with Crippen LogP contribution in [0.2, 0.25) is 5.02 Å². The average Bonchev–Trinajstić information content (AvgIpc) is 3.61. The first-order valence-electron chi connectivity index (χ1n) is 18.7. The summed E-state index contributed by atoms with van der Waals surface area (Å²) < 4.78 is 8.23. The quantitative estimate of drug-likeness (QED) is 0.206. The van der Waals surface area contributed by atoms with Gasteiger partial charge in [-0.3, -0.25) is 24.6 Å². The summed E-state index contributed by atoms with van der Waals surface area (Å²) in [5, 5.41) is 22.0. The maximum Gasteiger partial charge on any atom is 0.249 e. The van der Waals surface area contributed by atoms with Gasteiger partial charge in [0, 0.05) is 43.0 Å².